The van der Waals surface area contributed by atoms with Crippen molar-refractivity contribution < 1.29 is 27.1 Å². The Kier molecular flexibility index (Phi) is 4.19. The van der Waals surface area contributed by atoms with Gasteiger partial charge in [-0.15, -0.1) is 0 Å². The van der Waals surface area contributed by atoms with Crippen LogP contribution in [0.15, 0.2) is 17.0 Å². The molecule has 0 aliphatic rings. The van der Waals surface area contributed by atoms with Gasteiger partial charge in [0.25, 0.3) is 0 Å². The second kappa shape index (κ2) is 5.27. The van der Waals surface area contributed by atoms with E-state index in [0.29, 0.717) is 6.07 Å². The highest BCUT2D eigenvalue weighted by molar-refractivity contribution is 8.00. The first kappa shape index (κ1) is 14.3. The molecule has 0 unspecified atom stereocenters. The number of halogens is 4. The average molecular weight is 279 g/mol. The summed E-state index contributed by atoms with van der Waals surface area (Å²) in [7, 11) is 0.937. The number of methoxy groups -OCH3 is 1. The number of esters is 1. The van der Waals surface area contributed by atoms with Gasteiger partial charge in [-0.25, -0.2) is 9.18 Å². The molecule has 1 aromatic rings. The van der Waals surface area contributed by atoms with Crippen molar-refractivity contribution in [3.63, 3.8) is 0 Å². The lowest BCUT2D eigenvalue weighted by Gasteiger charge is -2.10. The highest BCUT2D eigenvalue weighted by Crippen LogP contribution is 2.39. The maximum atomic E-state index is 13.3. The van der Waals surface area contributed by atoms with E-state index >= 15 is 0 Å². The number of alkyl halides is 3. The van der Waals surface area contributed by atoms with Gasteiger partial charge in [0, 0.05) is 4.90 Å². The Bertz CT molecular complexity index is 522. The molecule has 0 aliphatic heterocycles. The Morgan fingerprint density at radius 1 is 1.44 bits per heavy atom. The molecule has 0 heterocycles. The topological polar surface area (TPSA) is 50.1 Å². The third-order valence-electron chi connectivity index (χ3n) is 1.84. The van der Waals surface area contributed by atoms with Crippen LogP contribution in [0.5, 0.6) is 0 Å². The number of thioether (sulfide) groups is 1. The molecule has 0 saturated carbocycles. The van der Waals surface area contributed by atoms with Gasteiger partial charge in [0.15, 0.2) is 0 Å². The van der Waals surface area contributed by atoms with Crippen molar-refractivity contribution >= 4 is 17.7 Å². The summed E-state index contributed by atoms with van der Waals surface area (Å²) in [5, 5.41) is 8.76. The second-order valence-corrected chi connectivity index (χ2v) is 4.05. The molecule has 0 atom stereocenters. The van der Waals surface area contributed by atoms with E-state index in [1.807, 2.05) is 0 Å². The summed E-state index contributed by atoms with van der Waals surface area (Å²) in [4.78, 5) is 10.7. The van der Waals surface area contributed by atoms with Crippen LogP contribution in [-0.4, -0.2) is 18.6 Å². The molecule has 0 fully saturated rings. The maximum Gasteiger partial charge on any atom is 0.446 e. The zero-order chi connectivity index (χ0) is 13.9. The maximum absolute atomic E-state index is 13.3. The standard InChI is InChI=1S/C10H5F4NO2S/c1-17-9(16)8-5(4-15)7(3-2-6(8)11)18-10(12,13)14/h2-3H,1H3. The van der Waals surface area contributed by atoms with Gasteiger partial charge in [-0.05, 0) is 23.9 Å². The molecule has 0 N–H and O–H groups in total. The lowest BCUT2D eigenvalue weighted by atomic mass is 10.1. The molecule has 18 heavy (non-hydrogen) atoms. The number of carbonyl (C=O) groups is 1. The monoisotopic (exact) mass is 279 g/mol. The molecule has 3 nitrogen and oxygen atoms in total. The SMILES string of the molecule is COC(=O)c1c(F)ccc(SC(F)(F)F)c1C#N. The number of carbonyl (C=O) groups excluding carboxylic acids is 1. The van der Waals surface area contributed by atoms with Crippen LogP contribution in [0, 0.1) is 17.1 Å². The lowest BCUT2D eigenvalue weighted by molar-refractivity contribution is -0.0328. The fraction of sp³-hybridized carbons (Fsp3) is 0.200. The molecule has 0 aliphatic carbocycles. The molecule has 0 saturated heterocycles. The summed E-state index contributed by atoms with van der Waals surface area (Å²) in [6, 6.07) is 2.85. The molecule has 96 valence electrons. The summed E-state index contributed by atoms with van der Waals surface area (Å²) in [6.07, 6.45) is 0. The highest BCUT2D eigenvalue weighted by Gasteiger charge is 2.32. The first-order chi connectivity index (χ1) is 8.30. The Hall–Kier alpha value is -1.75. The fourth-order valence-corrected chi connectivity index (χ4v) is 1.82. The smallest absolute Gasteiger partial charge is 0.446 e. The van der Waals surface area contributed by atoms with Crippen molar-refractivity contribution in [1.29, 1.82) is 5.26 Å². The van der Waals surface area contributed by atoms with Gasteiger partial charge in [-0.1, -0.05) is 0 Å². The molecule has 8 heteroatoms. The number of benzene rings is 1. The number of rotatable bonds is 2. The van der Waals surface area contributed by atoms with Crippen LogP contribution < -0.4 is 0 Å². The predicted molar refractivity (Wildman–Crippen MR) is 54.4 cm³/mol. The Balaban J connectivity index is 3.40. The second-order valence-electron chi connectivity index (χ2n) is 2.95. The molecule has 0 amide bonds. The summed E-state index contributed by atoms with van der Waals surface area (Å²) in [6.45, 7) is 0. The number of ether oxygens (including phenoxy) is 1. The van der Waals surface area contributed by atoms with Crippen LogP contribution in [0.4, 0.5) is 17.6 Å². The lowest BCUT2D eigenvalue weighted by Crippen LogP contribution is -2.10. The average Bonchev–Trinajstić information content (AvgIpc) is 2.28. The van der Waals surface area contributed by atoms with Crippen molar-refractivity contribution in [1.82, 2.24) is 0 Å². The number of nitriles is 1. The van der Waals surface area contributed by atoms with Gasteiger partial charge >= 0.3 is 11.5 Å². The summed E-state index contributed by atoms with van der Waals surface area (Å²) in [5.41, 5.74) is -6.13. The van der Waals surface area contributed by atoms with Crippen LogP contribution in [-0.2, 0) is 4.74 Å². The van der Waals surface area contributed by atoms with E-state index in [4.69, 9.17) is 5.26 Å². The zero-order valence-electron chi connectivity index (χ0n) is 8.84. The van der Waals surface area contributed by atoms with Crippen molar-refractivity contribution in [2.45, 2.75) is 10.4 Å². The Morgan fingerprint density at radius 3 is 2.50 bits per heavy atom. The normalized spacial score (nSPS) is 10.9. The Morgan fingerprint density at radius 2 is 2.06 bits per heavy atom. The zero-order valence-corrected chi connectivity index (χ0v) is 9.66. The van der Waals surface area contributed by atoms with Gasteiger partial charge in [0.1, 0.15) is 17.4 Å². The van der Waals surface area contributed by atoms with Crippen LogP contribution in [0.25, 0.3) is 0 Å². The van der Waals surface area contributed by atoms with Crippen LogP contribution >= 0.6 is 11.8 Å². The molecule has 1 aromatic carbocycles. The molecular weight excluding hydrogens is 274 g/mol. The van der Waals surface area contributed by atoms with Gasteiger partial charge < -0.3 is 4.74 Å². The van der Waals surface area contributed by atoms with E-state index in [9.17, 15) is 22.4 Å². The van der Waals surface area contributed by atoms with Crippen LogP contribution in [0.3, 0.4) is 0 Å². The summed E-state index contributed by atoms with van der Waals surface area (Å²) in [5.74, 6) is -2.31. The minimum Gasteiger partial charge on any atom is -0.465 e. The Labute approximate surface area is 103 Å². The highest BCUT2D eigenvalue weighted by atomic mass is 32.2. The van der Waals surface area contributed by atoms with Crippen molar-refractivity contribution in [3.05, 3.63) is 29.1 Å². The third-order valence-corrected chi connectivity index (χ3v) is 2.63. The van der Waals surface area contributed by atoms with E-state index in [2.05, 4.69) is 4.74 Å². The molecule has 0 bridgehead atoms. The summed E-state index contributed by atoms with van der Waals surface area (Å²) >= 11 is -0.594. The first-order valence-electron chi connectivity index (χ1n) is 4.36. The van der Waals surface area contributed by atoms with Crippen molar-refractivity contribution in [2.75, 3.05) is 7.11 Å². The van der Waals surface area contributed by atoms with E-state index < -0.39 is 45.1 Å². The number of hydrogen-bond donors (Lipinski definition) is 0. The van der Waals surface area contributed by atoms with E-state index in [-0.39, 0.29) is 0 Å². The third kappa shape index (κ3) is 3.13. The van der Waals surface area contributed by atoms with E-state index in [0.717, 1.165) is 13.2 Å². The predicted octanol–water partition coefficient (Wildman–Crippen LogP) is 3.10. The first-order valence-corrected chi connectivity index (χ1v) is 5.18. The minimum absolute atomic E-state index is 0.549. The quantitative estimate of drug-likeness (QED) is 0.474. The van der Waals surface area contributed by atoms with E-state index in [1.54, 1.807) is 0 Å². The number of nitrogens with zero attached hydrogens (tertiary/aromatic N) is 1. The summed E-state index contributed by atoms with van der Waals surface area (Å²) < 4.78 is 54.2. The van der Waals surface area contributed by atoms with E-state index in [1.165, 1.54) is 6.07 Å². The van der Waals surface area contributed by atoms with Crippen molar-refractivity contribution in [3.8, 4) is 6.07 Å². The van der Waals surface area contributed by atoms with Crippen LogP contribution in [0.1, 0.15) is 15.9 Å². The molecule has 0 aromatic heterocycles. The van der Waals surface area contributed by atoms with Gasteiger partial charge in [0.05, 0.1) is 12.7 Å². The largest absolute Gasteiger partial charge is 0.465 e. The molecule has 1 rings (SSSR count). The van der Waals surface area contributed by atoms with Crippen molar-refractivity contribution in [2.24, 2.45) is 0 Å². The van der Waals surface area contributed by atoms with Gasteiger partial charge in [-0.2, -0.15) is 18.4 Å². The van der Waals surface area contributed by atoms with Gasteiger partial charge in [0.2, 0.25) is 0 Å². The fourth-order valence-electron chi connectivity index (χ4n) is 1.18. The molecule has 0 radical (unpaired) electrons. The molecular formula is C10H5F4NO2S. The molecule has 0 spiro atoms. The van der Waals surface area contributed by atoms with Crippen LogP contribution in [0.2, 0.25) is 0 Å². The minimum atomic E-state index is -4.64. The van der Waals surface area contributed by atoms with Gasteiger partial charge in [-0.3, -0.25) is 0 Å². The number of hydrogen-bond acceptors (Lipinski definition) is 4.